The second kappa shape index (κ2) is 57.9. The first kappa shape index (κ1) is 66.3. The predicted molar refractivity (Wildman–Crippen MR) is 302 cm³/mol. The van der Waals surface area contributed by atoms with E-state index in [1.807, 2.05) is 0 Å². The molecule has 0 radical (unpaired) electrons. The summed E-state index contributed by atoms with van der Waals surface area (Å²) in [4.78, 5) is 38.2. The molecule has 0 aliphatic heterocycles. The molecule has 0 amide bonds. The molecule has 0 aliphatic rings. The normalized spacial score (nSPS) is 12.8. The first-order valence-corrected chi connectivity index (χ1v) is 29.2. The van der Waals surface area contributed by atoms with Crippen LogP contribution in [0.25, 0.3) is 0 Å². The molecule has 0 spiro atoms. The monoisotopic (exact) mass is 973 g/mol. The van der Waals surface area contributed by atoms with Crippen LogP contribution in [0.2, 0.25) is 0 Å². The molecule has 0 heterocycles. The number of carbonyl (C=O) groups excluding carboxylic acids is 3. The van der Waals surface area contributed by atoms with Crippen molar-refractivity contribution in [2.75, 3.05) is 13.2 Å². The number of hydrogen-bond donors (Lipinski definition) is 0. The molecule has 0 rings (SSSR count). The molecular formula is C64H108O6. The van der Waals surface area contributed by atoms with E-state index < -0.39 is 6.10 Å². The Kier molecular flexibility index (Phi) is 54.9. The van der Waals surface area contributed by atoms with E-state index in [0.717, 1.165) is 128 Å². The Morgan fingerprint density at radius 3 is 0.914 bits per heavy atom. The Morgan fingerprint density at radius 2 is 0.571 bits per heavy atom. The summed E-state index contributed by atoms with van der Waals surface area (Å²) in [6.45, 7) is 6.45. The largest absolute Gasteiger partial charge is 0.462 e. The van der Waals surface area contributed by atoms with Crippen LogP contribution in [0.15, 0.2) is 97.2 Å². The van der Waals surface area contributed by atoms with Crippen LogP contribution in [0.1, 0.15) is 271 Å². The Bertz CT molecular complexity index is 1400. The van der Waals surface area contributed by atoms with Gasteiger partial charge in [0.2, 0.25) is 0 Å². The Balaban J connectivity index is 4.42. The summed E-state index contributed by atoms with van der Waals surface area (Å²) in [6.07, 6.45) is 76.8. The zero-order valence-corrected chi connectivity index (χ0v) is 45.8. The summed E-state index contributed by atoms with van der Waals surface area (Å²) < 4.78 is 16.8. The van der Waals surface area contributed by atoms with Crippen molar-refractivity contribution >= 4 is 17.9 Å². The third kappa shape index (κ3) is 55.3. The first-order valence-electron chi connectivity index (χ1n) is 29.2. The second-order valence-corrected chi connectivity index (χ2v) is 19.2. The maximum atomic E-state index is 12.9. The van der Waals surface area contributed by atoms with Crippen LogP contribution in [-0.4, -0.2) is 37.2 Å². The zero-order valence-electron chi connectivity index (χ0n) is 45.8. The van der Waals surface area contributed by atoms with Crippen molar-refractivity contribution < 1.29 is 28.6 Å². The van der Waals surface area contributed by atoms with E-state index in [1.54, 1.807) is 0 Å². The number of hydrogen-bond acceptors (Lipinski definition) is 6. The molecule has 0 N–H and O–H groups in total. The highest BCUT2D eigenvalue weighted by atomic mass is 16.6. The molecule has 0 aliphatic carbocycles. The van der Waals surface area contributed by atoms with Crippen molar-refractivity contribution in [3.63, 3.8) is 0 Å². The minimum atomic E-state index is -0.800. The second-order valence-electron chi connectivity index (χ2n) is 19.2. The van der Waals surface area contributed by atoms with Gasteiger partial charge in [-0.05, 0) is 116 Å². The third-order valence-electron chi connectivity index (χ3n) is 12.3. The van der Waals surface area contributed by atoms with Crippen LogP contribution in [-0.2, 0) is 28.6 Å². The number of esters is 3. The maximum Gasteiger partial charge on any atom is 0.306 e. The SMILES string of the molecule is CC/C=C\C/C=C\C/C=C\C/C=C\CCCCCCC(=O)OC(COC(=O)CCCCCCC/C=C\C/C=C\CCCC)COC(=O)CCCCCCCCCCC/C=C\C/C=C\CCCCCCC. The van der Waals surface area contributed by atoms with Crippen LogP contribution < -0.4 is 0 Å². The summed E-state index contributed by atoms with van der Waals surface area (Å²) in [7, 11) is 0. The van der Waals surface area contributed by atoms with Crippen molar-refractivity contribution in [2.45, 2.75) is 277 Å². The van der Waals surface area contributed by atoms with Crippen LogP contribution in [0.5, 0.6) is 0 Å². The highest BCUT2D eigenvalue weighted by Gasteiger charge is 2.19. The average Bonchev–Trinajstić information content (AvgIpc) is 3.36. The molecule has 0 aromatic carbocycles. The van der Waals surface area contributed by atoms with Gasteiger partial charge in [0.1, 0.15) is 13.2 Å². The van der Waals surface area contributed by atoms with Crippen molar-refractivity contribution in [1.82, 2.24) is 0 Å². The van der Waals surface area contributed by atoms with E-state index >= 15 is 0 Å². The van der Waals surface area contributed by atoms with Gasteiger partial charge in [0.05, 0.1) is 0 Å². The predicted octanol–water partition coefficient (Wildman–Crippen LogP) is 19.7. The van der Waals surface area contributed by atoms with Gasteiger partial charge in [0, 0.05) is 19.3 Å². The fourth-order valence-corrected chi connectivity index (χ4v) is 7.89. The number of allylic oxidation sites excluding steroid dienone is 16. The Morgan fingerprint density at radius 1 is 0.300 bits per heavy atom. The lowest BCUT2D eigenvalue weighted by molar-refractivity contribution is -0.167. The highest BCUT2D eigenvalue weighted by molar-refractivity contribution is 5.71. The fourth-order valence-electron chi connectivity index (χ4n) is 7.89. The van der Waals surface area contributed by atoms with E-state index in [1.165, 1.54) is 103 Å². The van der Waals surface area contributed by atoms with E-state index in [-0.39, 0.29) is 31.1 Å². The summed E-state index contributed by atoms with van der Waals surface area (Å²) in [6, 6.07) is 0. The first-order chi connectivity index (χ1) is 34.5. The molecule has 0 saturated carbocycles. The summed E-state index contributed by atoms with van der Waals surface area (Å²) in [5, 5.41) is 0. The third-order valence-corrected chi connectivity index (χ3v) is 12.3. The summed E-state index contributed by atoms with van der Waals surface area (Å²) >= 11 is 0. The van der Waals surface area contributed by atoms with Crippen molar-refractivity contribution in [2.24, 2.45) is 0 Å². The van der Waals surface area contributed by atoms with E-state index in [9.17, 15) is 14.4 Å². The molecule has 0 bridgehead atoms. The van der Waals surface area contributed by atoms with Gasteiger partial charge in [-0.3, -0.25) is 14.4 Å². The summed E-state index contributed by atoms with van der Waals surface area (Å²) in [5.41, 5.74) is 0. The lowest BCUT2D eigenvalue weighted by Crippen LogP contribution is -2.30. The van der Waals surface area contributed by atoms with Crippen LogP contribution >= 0.6 is 0 Å². The van der Waals surface area contributed by atoms with Gasteiger partial charge in [0.25, 0.3) is 0 Å². The van der Waals surface area contributed by atoms with Gasteiger partial charge in [-0.1, -0.05) is 234 Å². The zero-order chi connectivity index (χ0) is 50.7. The molecule has 400 valence electrons. The van der Waals surface area contributed by atoms with Crippen LogP contribution in [0.4, 0.5) is 0 Å². The van der Waals surface area contributed by atoms with Crippen LogP contribution in [0, 0.1) is 0 Å². The van der Waals surface area contributed by atoms with Crippen molar-refractivity contribution in [3.8, 4) is 0 Å². The molecule has 6 heteroatoms. The standard InChI is InChI=1S/C64H108O6/c1-4-7-10-13-16-19-22-25-28-30-31-32-33-35-36-39-42-45-48-51-54-57-63(66)69-60-61(59-68-62(65)56-53-50-47-44-41-38-27-24-21-18-15-12-9-6-3)70-64(67)58-55-52-49-46-43-40-37-34-29-26-23-20-17-14-11-8-5-2/h8,11,15,17-18,20,22,24-27,29-31,37,40,61H,4-7,9-10,12-14,16,19,21,23,28,32-36,38-39,41-60H2,1-3H3/b11-8-,18-15-,20-17-,25-22-,27-24-,29-26-,31-30-,40-37-. The van der Waals surface area contributed by atoms with Crippen molar-refractivity contribution in [3.05, 3.63) is 97.2 Å². The molecule has 0 aromatic rings. The van der Waals surface area contributed by atoms with E-state index in [4.69, 9.17) is 14.2 Å². The minimum absolute atomic E-state index is 0.0948. The Hall–Kier alpha value is -3.67. The van der Waals surface area contributed by atoms with Crippen LogP contribution in [0.3, 0.4) is 0 Å². The number of carbonyl (C=O) groups is 3. The van der Waals surface area contributed by atoms with E-state index in [2.05, 4.69) is 118 Å². The minimum Gasteiger partial charge on any atom is -0.462 e. The maximum absolute atomic E-state index is 12.9. The summed E-state index contributed by atoms with van der Waals surface area (Å²) in [5.74, 6) is -0.934. The van der Waals surface area contributed by atoms with Gasteiger partial charge in [-0.15, -0.1) is 0 Å². The smallest absolute Gasteiger partial charge is 0.306 e. The average molecular weight is 974 g/mol. The molecule has 0 saturated heterocycles. The molecule has 6 nitrogen and oxygen atoms in total. The molecule has 1 unspecified atom stereocenters. The van der Waals surface area contributed by atoms with Gasteiger partial charge >= 0.3 is 17.9 Å². The molecule has 70 heavy (non-hydrogen) atoms. The molecule has 0 fully saturated rings. The number of ether oxygens (including phenoxy) is 3. The van der Waals surface area contributed by atoms with Crippen molar-refractivity contribution in [1.29, 1.82) is 0 Å². The van der Waals surface area contributed by atoms with Gasteiger partial charge < -0.3 is 14.2 Å². The highest BCUT2D eigenvalue weighted by Crippen LogP contribution is 2.14. The quantitative estimate of drug-likeness (QED) is 0.0262. The van der Waals surface area contributed by atoms with Gasteiger partial charge in [-0.2, -0.15) is 0 Å². The van der Waals surface area contributed by atoms with Gasteiger partial charge in [-0.25, -0.2) is 0 Å². The molecular weight excluding hydrogens is 865 g/mol. The number of unbranched alkanes of at least 4 members (excludes halogenated alkanes) is 25. The fraction of sp³-hybridized carbons (Fsp3) is 0.703. The molecule has 1 atom stereocenters. The lowest BCUT2D eigenvalue weighted by atomic mass is 10.1. The lowest BCUT2D eigenvalue weighted by Gasteiger charge is -2.18. The number of rotatable bonds is 52. The molecule has 0 aromatic heterocycles. The van der Waals surface area contributed by atoms with Gasteiger partial charge in [0.15, 0.2) is 6.10 Å². The van der Waals surface area contributed by atoms with E-state index in [0.29, 0.717) is 19.3 Å². The Labute approximate surface area is 432 Å². The topological polar surface area (TPSA) is 78.9 Å².